The summed E-state index contributed by atoms with van der Waals surface area (Å²) in [6, 6.07) is 6.48. The van der Waals surface area contributed by atoms with E-state index in [1.165, 1.54) is 23.9 Å². The number of amides is 1. The predicted molar refractivity (Wildman–Crippen MR) is 98.6 cm³/mol. The standard InChI is InChI=1S/C17H22N2O3S2/c1-4-6-7-15-16(20)19(17(23-15)18-12-5-2)24(21,22)14-10-8-13(3)9-11-14/h5,8-11,15H,2,4,6-7,12H2,1,3H3/t15-/m0/s1. The Bertz CT molecular complexity index is 740. The lowest BCUT2D eigenvalue weighted by atomic mass is 10.2. The first-order chi connectivity index (χ1) is 11.4. The third kappa shape index (κ3) is 3.89. The normalized spacial score (nSPS) is 19.9. The lowest BCUT2D eigenvalue weighted by Crippen LogP contribution is -2.37. The van der Waals surface area contributed by atoms with Gasteiger partial charge in [-0.25, -0.2) is 8.42 Å². The van der Waals surface area contributed by atoms with Gasteiger partial charge in [0.1, 0.15) is 0 Å². The zero-order valence-electron chi connectivity index (χ0n) is 13.9. The third-order valence-corrected chi connectivity index (χ3v) is 6.69. The van der Waals surface area contributed by atoms with Crippen LogP contribution in [0.25, 0.3) is 0 Å². The van der Waals surface area contributed by atoms with Crippen LogP contribution in [-0.2, 0) is 14.8 Å². The molecule has 1 aromatic rings. The summed E-state index contributed by atoms with van der Waals surface area (Å²) in [5.41, 5.74) is 0.956. The van der Waals surface area contributed by atoms with Crippen LogP contribution in [0.5, 0.6) is 0 Å². The van der Waals surface area contributed by atoms with Crippen molar-refractivity contribution >= 4 is 32.9 Å². The molecule has 1 atom stereocenters. The van der Waals surface area contributed by atoms with Gasteiger partial charge in [0.15, 0.2) is 5.17 Å². The second-order valence-corrected chi connectivity index (χ2v) is 8.54. The van der Waals surface area contributed by atoms with Gasteiger partial charge in [-0.2, -0.15) is 4.31 Å². The fourth-order valence-electron chi connectivity index (χ4n) is 2.30. The van der Waals surface area contributed by atoms with E-state index in [0.29, 0.717) is 6.42 Å². The van der Waals surface area contributed by atoms with Crippen molar-refractivity contribution in [2.24, 2.45) is 4.99 Å². The number of carbonyl (C=O) groups excluding carboxylic acids is 1. The molecular weight excluding hydrogens is 344 g/mol. The highest BCUT2D eigenvalue weighted by Crippen LogP contribution is 2.34. The molecule has 0 aromatic heterocycles. The summed E-state index contributed by atoms with van der Waals surface area (Å²) < 4.78 is 26.7. The van der Waals surface area contributed by atoms with Crippen LogP contribution in [0.3, 0.4) is 0 Å². The van der Waals surface area contributed by atoms with Gasteiger partial charge in [-0.05, 0) is 25.5 Å². The van der Waals surface area contributed by atoms with E-state index in [1.807, 2.05) is 13.8 Å². The minimum atomic E-state index is -3.94. The van der Waals surface area contributed by atoms with Crippen molar-refractivity contribution in [3.05, 3.63) is 42.5 Å². The van der Waals surface area contributed by atoms with Gasteiger partial charge in [-0.15, -0.1) is 6.58 Å². The number of rotatable bonds is 7. The number of amidine groups is 1. The van der Waals surface area contributed by atoms with Crippen molar-refractivity contribution in [2.45, 2.75) is 43.3 Å². The van der Waals surface area contributed by atoms with Crippen LogP contribution in [0, 0.1) is 6.92 Å². The summed E-state index contributed by atoms with van der Waals surface area (Å²) in [5.74, 6) is -0.406. The van der Waals surface area contributed by atoms with Crippen molar-refractivity contribution in [3.63, 3.8) is 0 Å². The molecule has 24 heavy (non-hydrogen) atoms. The maximum Gasteiger partial charge on any atom is 0.272 e. The molecule has 0 bridgehead atoms. The third-order valence-electron chi connectivity index (χ3n) is 3.63. The second kappa shape index (κ2) is 7.98. The zero-order valence-corrected chi connectivity index (χ0v) is 15.6. The Morgan fingerprint density at radius 2 is 2.00 bits per heavy atom. The number of thioether (sulfide) groups is 1. The Morgan fingerprint density at radius 3 is 2.58 bits per heavy atom. The topological polar surface area (TPSA) is 66.8 Å². The number of unbranched alkanes of at least 4 members (excludes halogenated alkanes) is 1. The quantitative estimate of drug-likeness (QED) is 0.694. The molecule has 0 spiro atoms. The van der Waals surface area contributed by atoms with Crippen LogP contribution in [-0.4, -0.2) is 35.6 Å². The van der Waals surface area contributed by atoms with E-state index in [-0.39, 0.29) is 16.6 Å². The number of aliphatic imine (C=N–C) groups is 1. The molecule has 7 heteroatoms. The summed E-state index contributed by atoms with van der Waals surface area (Å²) in [4.78, 5) is 17.0. The van der Waals surface area contributed by atoms with E-state index in [1.54, 1.807) is 18.2 Å². The maximum absolute atomic E-state index is 12.9. The highest BCUT2D eigenvalue weighted by Gasteiger charge is 2.44. The minimum Gasteiger partial charge on any atom is -0.272 e. The largest absolute Gasteiger partial charge is 0.272 e. The van der Waals surface area contributed by atoms with Crippen LogP contribution in [0.1, 0.15) is 31.7 Å². The maximum atomic E-state index is 12.9. The molecule has 0 unspecified atom stereocenters. The number of hydrogen-bond donors (Lipinski definition) is 0. The fourth-order valence-corrected chi connectivity index (χ4v) is 5.19. The average Bonchev–Trinajstić information content (AvgIpc) is 2.87. The molecular formula is C17H22N2O3S2. The molecule has 0 N–H and O–H groups in total. The van der Waals surface area contributed by atoms with Gasteiger partial charge < -0.3 is 0 Å². The van der Waals surface area contributed by atoms with Gasteiger partial charge in [-0.1, -0.05) is 55.3 Å². The Hall–Kier alpha value is -1.60. The molecule has 1 aliphatic rings. The smallest absolute Gasteiger partial charge is 0.272 e. The van der Waals surface area contributed by atoms with Gasteiger partial charge in [0.05, 0.1) is 16.7 Å². The number of nitrogens with zero attached hydrogens (tertiary/aromatic N) is 2. The molecule has 0 saturated carbocycles. The van der Waals surface area contributed by atoms with E-state index in [4.69, 9.17) is 0 Å². The van der Waals surface area contributed by atoms with Gasteiger partial charge in [0, 0.05) is 0 Å². The van der Waals surface area contributed by atoms with E-state index >= 15 is 0 Å². The molecule has 1 saturated heterocycles. The Labute approximate surface area is 147 Å². The van der Waals surface area contributed by atoms with Crippen molar-refractivity contribution in [3.8, 4) is 0 Å². The van der Waals surface area contributed by atoms with Crippen molar-refractivity contribution in [1.82, 2.24) is 4.31 Å². The van der Waals surface area contributed by atoms with E-state index < -0.39 is 21.2 Å². The Balaban J connectivity index is 2.40. The first-order valence-electron chi connectivity index (χ1n) is 7.89. The lowest BCUT2D eigenvalue weighted by molar-refractivity contribution is -0.123. The van der Waals surface area contributed by atoms with Gasteiger partial charge >= 0.3 is 0 Å². The minimum absolute atomic E-state index is 0.101. The van der Waals surface area contributed by atoms with Crippen LogP contribution >= 0.6 is 11.8 Å². The molecule has 0 aliphatic carbocycles. The molecule has 1 aliphatic heterocycles. The molecule has 1 amide bonds. The van der Waals surface area contributed by atoms with E-state index in [9.17, 15) is 13.2 Å². The SMILES string of the molecule is C=CCN=C1S[C@@H](CCCC)C(=O)N1S(=O)(=O)c1ccc(C)cc1. The highest BCUT2D eigenvalue weighted by atomic mass is 32.2. The van der Waals surface area contributed by atoms with Crippen LogP contribution in [0.15, 0.2) is 46.8 Å². The van der Waals surface area contributed by atoms with Gasteiger partial charge in [-0.3, -0.25) is 9.79 Å². The molecule has 0 radical (unpaired) electrons. The lowest BCUT2D eigenvalue weighted by Gasteiger charge is -2.17. The number of aryl methyl sites for hydroxylation is 1. The average molecular weight is 367 g/mol. The number of carbonyl (C=O) groups is 1. The van der Waals surface area contributed by atoms with E-state index in [2.05, 4.69) is 11.6 Å². The summed E-state index contributed by atoms with van der Waals surface area (Å²) >= 11 is 1.23. The fraction of sp³-hybridized carbons (Fsp3) is 0.412. The van der Waals surface area contributed by atoms with Crippen LogP contribution in [0.2, 0.25) is 0 Å². The molecule has 5 nitrogen and oxygen atoms in total. The summed E-state index contributed by atoms with van der Waals surface area (Å²) in [5, 5.41) is -0.157. The monoisotopic (exact) mass is 366 g/mol. The molecule has 1 aromatic carbocycles. The van der Waals surface area contributed by atoms with Crippen LogP contribution in [0.4, 0.5) is 0 Å². The number of hydrogen-bond acceptors (Lipinski definition) is 5. The molecule has 1 fully saturated rings. The van der Waals surface area contributed by atoms with Crippen molar-refractivity contribution in [2.75, 3.05) is 6.54 Å². The first kappa shape index (κ1) is 18.7. The summed E-state index contributed by atoms with van der Waals surface area (Å²) in [7, 11) is -3.94. The highest BCUT2D eigenvalue weighted by molar-refractivity contribution is 8.17. The summed E-state index contributed by atoms with van der Waals surface area (Å²) in [6.45, 7) is 7.79. The number of benzene rings is 1. The molecule has 130 valence electrons. The van der Waals surface area contributed by atoms with E-state index in [0.717, 1.165) is 22.7 Å². The Kier molecular flexibility index (Phi) is 6.23. The molecule has 1 heterocycles. The van der Waals surface area contributed by atoms with Crippen molar-refractivity contribution < 1.29 is 13.2 Å². The zero-order chi connectivity index (χ0) is 17.7. The number of sulfonamides is 1. The summed E-state index contributed by atoms with van der Waals surface area (Å²) in [6.07, 6.45) is 4.05. The van der Waals surface area contributed by atoms with Crippen LogP contribution < -0.4 is 0 Å². The van der Waals surface area contributed by atoms with Gasteiger partial charge in [0.2, 0.25) is 0 Å². The van der Waals surface area contributed by atoms with Gasteiger partial charge in [0.25, 0.3) is 15.9 Å². The molecule has 2 rings (SSSR count). The predicted octanol–water partition coefficient (Wildman–Crippen LogP) is 3.36. The van der Waals surface area contributed by atoms with Crippen molar-refractivity contribution in [1.29, 1.82) is 0 Å². The first-order valence-corrected chi connectivity index (χ1v) is 10.2. The Morgan fingerprint density at radius 1 is 1.33 bits per heavy atom. The second-order valence-electron chi connectivity index (χ2n) is 5.58.